The second kappa shape index (κ2) is 8.79. The van der Waals surface area contributed by atoms with Gasteiger partial charge in [0.05, 0.1) is 18.2 Å². The van der Waals surface area contributed by atoms with Gasteiger partial charge in [0.1, 0.15) is 6.54 Å². The SMILES string of the molecule is CC[C@]12CC[C@@](C)(O)C[C@@H]1CC[C@H]1[C@@H]3CC[C@H](C(=O)Cn4nnc5c(OC)c(C)ccc54)[C@@]3(C)CC[C@@H]12. The Morgan fingerprint density at radius 1 is 1.11 bits per heavy atom. The van der Waals surface area contributed by atoms with Crippen LogP contribution in [0.3, 0.4) is 0 Å². The molecule has 1 N–H and O–H groups in total. The molecular formula is C31H45N3O3. The summed E-state index contributed by atoms with van der Waals surface area (Å²) >= 11 is 0. The number of aryl methyl sites for hydroxylation is 1. The average molecular weight is 508 g/mol. The first-order valence-electron chi connectivity index (χ1n) is 14.8. The van der Waals surface area contributed by atoms with Crippen LogP contribution in [0.1, 0.15) is 90.5 Å². The summed E-state index contributed by atoms with van der Waals surface area (Å²) in [6.45, 7) is 9.19. The van der Waals surface area contributed by atoms with Crippen LogP contribution < -0.4 is 4.74 Å². The van der Waals surface area contributed by atoms with Crippen LogP contribution in [-0.2, 0) is 11.3 Å². The molecule has 1 heterocycles. The van der Waals surface area contributed by atoms with Crippen LogP contribution >= 0.6 is 0 Å². The average Bonchev–Trinajstić information content (AvgIpc) is 3.43. The lowest BCUT2D eigenvalue weighted by Crippen LogP contribution is -2.56. The van der Waals surface area contributed by atoms with Gasteiger partial charge in [0, 0.05) is 5.92 Å². The highest BCUT2D eigenvalue weighted by Gasteiger charge is 2.62. The number of hydrogen-bond acceptors (Lipinski definition) is 5. The number of ketones is 1. The summed E-state index contributed by atoms with van der Waals surface area (Å²) in [4.78, 5) is 13.9. The molecule has 0 unspecified atom stereocenters. The smallest absolute Gasteiger partial charge is 0.157 e. The number of rotatable bonds is 5. The van der Waals surface area contributed by atoms with Crippen molar-refractivity contribution in [3.63, 3.8) is 0 Å². The van der Waals surface area contributed by atoms with Gasteiger partial charge >= 0.3 is 0 Å². The van der Waals surface area contributed by atoms with E-state index in [1.54, 1.807) is 11.8 Å². The van der Waals surface area contributed by atoms with Gasteiger partial charge in [0.25, 0.3) is 0 Å². The van der Waals surface area contributed by atoms with Crippen molar-refractivity contribution in [2.45, 2.75) is 104 Å². The van der Waals surface area contributed by atoms with Crippen molar-refractivity contribution in [2.24, 2.45) is 40.4 Å². The molecule has 6 nitrogen and oxygen atoms in total. The summed E-state index contributed by atoms with van der Waals surface area (Å²) in [6.07, 6.45) is 11.5. The minimum absolute atomic E-state index is 0.0881. The van der Waals surface area contributed by atoms with Gasteiger partial charge in [-0.05, 0) is 124 Å². The van der Waals surface area contributed by atoms with E-state index < -0.39 is 5.60 Å². The number of carbonyl (C=O) groups excluding carboxylic acids is 1. The fourth-order valence-electron chi connectivity index (χ4n) is 10.2. The second-order valence-electron chi connectivity index (χ2n) is 13.6. The molecule has 8 atom stereocenters. The van der Waals surface area contributed by atoms with Gasteiger partial charge < -0.3 is 9.84 Å². The number of benzene rings is 1. The largest absolute Gasteiger partial charge is 0.494 e. The van der Waals surface area contributed by atoms with Crippen LogP contribution in [0, 0.1) is 47.3 Å². The number of ether oxygens (including phenoxy) is 1. The first-order chi connectivity index (χ1) is 17.6. The molecule has 4 aliphatic carbocycles. The van der Waals surface area contributed by atoms with E-state index in [4.69, 9.17) is 4.74 Å². The Hall–Kier alpha value is -1.95. The molecule has 1 aromatic heterocycles. The quantitative estimate of drug-likeness (QED) is 0.528. The lowest BCUT2D eigenvalue weighted by Gasteiger charge is -2.63. The van der Waals surface area contributed by atoms with E-state index in [0.29, 0.717) is 29.6 Å². The van der Waals surface area contributed by atoms with Gasteiger partial charge in [0.15, 0.2) is 17.0 Å². The van der Waals surface area contributed by atoms with Gasteiger partial charge in [-0.25, -0.2) is 4.68 Å². The molecule has 4 saturated carbocycles. The Bertz CT molecular complexity index is 1200. The molecule has 202 valence electrons. The van der Waals surface area contributed by atoms with Crippen LogP contribution in [0.15, 0.2) is 12.1 Å². The maximum absolute atomic E-state index is 13.9. The predicted octanol–water partition coefficient (Wildman–Crippen LogP) is 6.12. The molecule has 0 bridgehead atoms. The maximum Gasteiger partial charge on any atom is 0.157 e. The molecule has 4 fully saturated rings. The van der Waals surface area contributed by atoms with Crippen molar-refractivity contribution < 1.29 is 14.6 Å². The van der Waals surface area contributed by atoms with Gasteiger partial charge in [-0.2, -0.15) is 0 Å². The highest BCUT2D eigenvalue weighted by atomic mass is 16.5. The van der Waals surface area contributed by atoms with E-state index in [1.807, 2.05) is 19.1 Å². The lowest BCUT2D eigenvalue weighted by atomic mass is 9.42. The zero-order chi connectivity index (χ0) is 26.2. The summed E-state index contributed by atoms with van der Waals surface area (Å²) in [6, 6.07) is 4.03. The van der Waals surface area contributed by atoms with E-state index >= 15 is 0 Å². The van der Waals surface area contributed by atoms with Gasteiger partial charge in [-0.3, -0.25) is 4.79 Å². The molecule has 0 amide bonds. The number of fused-ring (bicyclic) bond motifs is 6. The Kier molecular flexibility index (Phi) is 6.02. The Morgan fingerprint density at radius 2 is 1.92 bits per heavy atom. The first-order valence-corrected chi connectivity index (χ1v) is 14.8. The molecule has 1 aromatic carbocycles. The highest BCUT2D eigenvalue weighted by Crippen LogP contribution is 2.69. The van der Waals surface area contributed by atoms with E-state index in [-0.39, 0.29) is 11.3 Å². The Labute approximate surface area is 221 Å². The number of hydrogen-bond donors (Lipinski definition) is 1. The topological polar surface area (TPSA) is 77.2 Å². The molecule has 0 aliphatic heterocycles. The summed E-state index contributed by atoms with van der Waals surface area (Å²) in [7, 11) is 1.66. The van der Waals surface area contributed by atoms with Crippen LogP contribution in [0.25, 0.3) is 11.0 Å². The summed E-state index contributed by atoms with van der Waals surface area (Å²) in [5, 5.41) is 19.6. The molecule has 4 aliphatic rings. The zero-order valence-electron chi connectivity index (χ0n) is 23.4. The maximum atomic E-state index is 13.9. The number of carbonyl (C=O) groups is 1. The predicted molar refractivity (Wildman–Crippen MR) is 144 cm³/mol. The van der Waals surface area contributed by atoms with Gasteiger partial charge in [0.2, 0.25) is 0 Å². The van der Waals surface area contributed by atoms with E-state index in [1.165, 1.54) is 38.5 Å². The molecular weight excluding hydrogens is 462 g/mol. The van der Waals surface area contributed by atoms with Crippen molar-refractivity contribution in [3.8, 4) is 5.75 Å². The van der Waals surface area contributed by atoms with Crippen LogP contribution in [0.2, 0.25) is 0 Å². The molecule has 0 radical (unpaired) electrons. The van der Waals surface area contributed by atoms with Crippen LogP contribution in [0.4, 0.5) is 0 Å². The van der Waals surface area contributed by atoms with E-state index in [2.05, 4.69) is 31.1 Å². The molecule has 0 spiro atoms. The third-order valence-electron chi connectivity index (χ3n) is 12.0. The number of Topliss-reactive ketones (excluding diaryl/α,β-unsaturated/α-hetero) is 1. The molecule has 6 rings (SSSR count). The van der Waals surface area contributed by atoms with Crippen molar-refractivity contribution in [2.75, 3.05) is 7.11 Å². The summed E-state index contributed by atoms with van der Waals surface area (Å²) < 4.78 is 7.35. The minimum atomic E-state index is -0.488. The number of aliphatic hydroxyl groups is 1. The third kappa shape index (κ3) is 3.71. The molecule has 2 aromatic rings. The van der Waals surface area contributed by atoms with E-state index in [0.717, 1.165) is 59.9 Å². The van der Waals surface area contributed by atoms with E-state index in [9.17, 15) is 9.90 Å². The lowest BCUT2D eigenvalue weighted by molar-refractivity contribution is -0.158. The van der Waals surface area contributed by atoms with Crippen LogP contribution in [0.5, 0.6) is 5.75 Å². The minimum Gasteiger partial charge on any atom is -0.494 e. The van der Waals surface area contributed by atoms with Gasteiger partial charge in [-0.15, -0.1) is 5.10 Å². The van der Waals surface area contributed by atoms with Crippen molar-refractivity contribution in [3.05, 3.63) is 17.7 Å². The Morgan fingerprint density at radius 3 is 2.68 bits per heavy atom. The molecule has 6 heteroatoms. The van der Waals surface area contributed by atoms with Crippen molar-refractivity contribution in [1.82, 2.24) is 15.0 Å². The van der Waals surface area contributed by atoms with Crippen molar-refractivity contribution in [1.29, 1.82) is 0 Å². The standard InChI is InChI=1S/C31H45N3O3/c1-6-31-16-15-29(3,36)17-20(31)8-9-21-22-10-11-24(30(22,4)14-13-23(21)31)26(35)18-34-25-12-7-19(2)28(37-5)27(25)32-33-34/h7,12,20-24,36H,6,8-11,13-18H2,1-5H3/t20-,21-,22-,23-,24+,29+,30-,31-/m0/s1. The highest BCUT2D eigenvalue weighted by molar-refractivity contribution is 5.86. The number of nitrogens with zero attached hydrogens (tertiary/aromatic N) is 3. The molecule has 0 saturated heterocycles. The number of aromatic nitrogens is 3. The fraction of sp³-hybridized carbons (Fsp3) is 0.774. The molecule has 37 heavy (non-hydrogen) atoms. The normalized spacial score (nSPS) is 41.2. The monoisotopic (exact) mass is 507 g/mol. The van der Waals surface area contributed by atoms with Gasteiger partial charge in [-0.1, -0.05) is 25.1 Å². The van der Waals surface area contributed by atoms with Crippen molar-refractivity contribution >= 4 is 16.8 Å². The zero-order valence-corrected chi connectivity index (χ0v) is 23.4. The summed E-state index contributed by atoms with van der Waals surface area (Å²) in [5.74, 6) is 3.96. The Balaban J connectivity index is 1.23. The first kappa shape index (κ1) is 25.3. The fourth-order valence-corrected chi connectivity index (χ4v) is 10.2. The second-order valence-corrected chi connectivity index (χ2v) is 13.6. The third-order valence-corrected chi connectivity index (χ3v) is 12.0. The van der Waals surface area contributed by atoms with Crippen LogP contribution in [-0.4, -0.2) is 38.6 Å². The summed E-state index contributed by atoms with van der Waals surface area (Å²) in [5.41, 5.74) is 2.63. The number of methoxy groups -OCH3 is 1.